The lowest BCUT2D eigenvalue weighted by Crippen LogP contribution is -1.83. The SMILES string of the molecule is OP(O)N(Cl)Cl. The lowest BCUT2D eigenvalue weighted by molar-refractivity contribution is 0.460. The monoisotopic (exact) mass is 149 g/mol. The highest BCUT2D eigenvalue weighted by atomic mass is 35.5. The van der Waals surface area contributed by atoms with Gasteiger partial charge in [0, 0.05) is 23.6 Å². The van der Waals surface area contributed by atoms with Crippen LogP contribution in [0.15, 0.2) is 0 Å². The number of halogens is 2. The van der Waals surface area contributed by atoms with Gasteiger partial charge in [0.1, 0.15) is 0 Å². The van der Waals surface area contributed by atoms with Crippen LogP contribution in [0.1, 0.15) is 0 Å². The fourth-order valence-electron chi connectivity index (χ4n) is 0. The van der Waals surface area contributed by atoms with Gasteiger partial charge in [-0.2, -0.15) is 0 Å². The molecule has 38 valence electrons. The molecule has 0 amide bonds. The molecule has 6 heteroatoms. The van der Waals surface area contributed by atoms with Crippen molar-refractivity contribution in [1.82, 2.24) is 3.71 Å². The molecule has 0 saturated carbocycles. The Morgan fingerprint density at radius 1 is 1.33 bits per heavy atom. The van der Waals surface area contributed by atoms with E-state index in [9.17, 15) is 0 Å². The van der Waals surface area contributed by atoms with E-state index in [1.165, 1.54) is 0 Å². The summed E-state index contributed by atoms with van der Waals surface area (Å²) in [7, 11) is -2.30. The minimum atomic E-state index is -2.30. The third kappa shape index (κ3) is 3.09. The predicted molar refractivity (Wildman–Crippen MR) is 24.9 cm³/mol. The predicted octanol–water partition coefficient (Wildman–Crippen LogP) is 0.807. The second kappa shape index (κ2) is 2.97. The maximum absolute atomic E-state index is 7.91. The Kier molecular flexibility index (Phi) is 3.41. The van der Waals surface area contributed by atoms with Gasteiger partial charge >= 0.3 is 0 Å². The summed E-state index contributed by atoms with van der Waals surface area (Å²) in [5.41, 5.74) is 0. The number of hydrogen-bond donors (Lipinski definition) is 2. The van der Waals surface area contributed by atoms with Crippen LogP contribution in [0.3, 0.4) is 0 Å². The van der Waals surface area contributed by atoms with Gasteiger partial charge in [0.15, 0.2) is 0 Å². The lowest BCUT2D eigenvalue weighted by Gasteiger charge is -1.99. The maximum Gasteiger partial charge on any atom is 0.284 e. The Bertz CT molecular complexity index is 32.5. The fraction of sp³-hybridized carbons (Fsp3) is 0. The molecule has 0 radical (unpaired) electrons. The average molecular weight is 150 g/mol. The van der Waals surface area contributed by atoms with Crippen molar-refractivity contribution < 1.29 is 9.79 Å². The first-order valence-electron chi connectivity index (χ1n) is 0.938. The fourth-order valence-corrected chi connectivity index (χ4v) is 0. The summed E-state index contributed by atoms with van der Waals surface area (Å²) < 4.78 is 0.287. The normalized spacial score (nSPS) is 11.0. The third-order valence-electron chi connectivity index (χ3n) is 0.135. The van der Waals surface area contributed by atoms with Crippen LogP contribution >= 0.6 is 32.1 Å². The van der Waals surface area contributed by atoms with Gasteiger partial charge in [-0.15, -0.1) is 0 Å². The highest BCUT2D eigenvalue weighted by Gasteiger charge is 2.04. The molecule has 0 aliphatic carbocycles. The highest BCUT2D eigenvalue weighted by molar-refractivity contribution is 7.45. The Hall–Kier alpha value is 0.890. The summed E-state index contributed by atoms with van der Waals surface area (Å²) in [5, 5.41) is 0. The van der Waals surface area contributed by atoms with E-state index in [0.29, 0.717) is 0 Å². The second-order valence-electron chi connectivity index (χ2n) is 0.483. The van der Waals surface area contributed by atoms with E-state index >= 15 is 0 Å². The first kappa shape index (κ1) is 6.89. The molecule has 0 aromatic heterocycles. The third-order valence-corrected chi connectivity index (χ3v) is 1.22. The molecule has 0 heterocycles. The number of hydrogen-bond acceptors (Lipinski definition) is 3. The zero-order valence-electron chi connectivity index (χ0n) is 2.54. The largest absolute Gasteiger partial charge is 0.336 e. The molecule has 0 atom stereocenters. The molecule has 0 rings (SSSR count). The summed E-state index contributed by atoms with van der Waals surface area (Å²) in [6.07, 6.45) is 0. The summed E-state index contributed by atoms with van der Waals surface area (Å²) in [6, 6.07) is 0. The smallest absolute Gasteiger partial charge is 0.284 e. The molecule has 0 aromatic carbocycles. The average Bonchev–Trinajstić information content (AvgIpc) is 1.36. The highest BCUT2D eigenvalue weighted by Crippen LogP contribution is 2.33. The first-order valence-corrected chi connectivity index (χ1v) is 2.81. The van der Waals surface area contributed by atoms with Gasteiger partial charge in [-0.05, 0) is 0 Å². The van der Waals surface area contributed by atoms with Crippen LogP contribution in [0.2, 0.25) is 0 Å². The lowest BCUT2D eigenvalue weighted by atomic mass is 13.9. The Morgan fingerprint density at radius 2 is 1.50 bits per heavy atom. The van der Waals surface area contributed by atoms with Gasteiger partial charge in [0.25, 0.3) is 8.53 Å². The van der Waals surface area contributed by atoms with Crippen molar-refractivity contribution in [2.75, 3.05) is 0 Å². The summed E-state index contributed by atoms with van der Waals surface area (Å²) in [5.74, 6) is 0. The topological polar surface area (TPSA) is 43.7 Å². The standard InChI is InChI=1S/Cl2H2NO2P/c1-3(2)6(4)5/h4-5H. The molecule has 0 aliphatic heterocycles. The molecule has 0 aromatic rings. The van der Waals surface area contributed by atoms with Crippen LogP contribution < -0.4 is 0 Å². The van der Waals surface area contributed by atoms with E-state index < -0.39 is 8.53 Å². The van der Waals surface area contributed by atoms with E-state index in [4.69, 9.17) is 33.3 Å². The van der Waals surface area contributed by atoms with Crippen molar-refractivity contribution in [1.29, 1.82) is 0 Å². The molecule has 0 aliphatic rings. The first-order chi connectivity index (χ1) is 2.64. The van der Waals surface area contributed by atoms with E-state index in [1.807, 2.05) is 0 Å². The van der Waals surface area contributed by atoms with Gasteiger partial charge in [0.05, 0.1) is 0 Å². The van der Waals surface area contributed by atoms with Crippen LogP contribution in [-0.4, -0.2) is 13.5 Å². The molecule has 2 N–H and O–H groups in total. The zero-order valence-corrected chi connectivity index (χ0v) is 4.95. The minimum absolute atomic E-state index is 0.287. The van der Waals surface area contributed by atoms with Gasteiger partial charge in [-0.3, -0.25) is 0 Å². The van der Waals surface area contributed by atoms with Crippen LogP contribution in [0.5, 0.6) is 0 Å². The quantitative estimate of drug-likeness (QED) is 0.429. The van der Waals surface area contributed by atoms with Crippen molar-refractivity contribution in [2.45, 2.75) is 0 Å². The van der Waals surface area contributed by atoms with Gasteiger partial charge in [0.2, 0.25) is 0 Å². The molecule has 0 fully saturated rings. The maximum atomic E-state index is 7.91. The van der Waals surface area contributed by atoms with Crippen molar-refractivity contribution in [3.05, 3.63) is 0 Å². The van der Waals surface area contributed by atoms with Crippen LogP contribution in [0.25, 0.3) is 0 Å². The van der Waals surface area contributed by atoms with Gasteiger partial charge in [-0.1, -0.05) is 3.71 Å². The number of rotatable bonds is 1. The molecular weight excluding hydrogens is 148 g/mol. The molecule has 6 heavy (non-hydrogen) atoms. The second-order valence-corrected chi connectivity index (χ2v) is 2.74. The van der Waals surface area contributed by atoms with E-state index in [1.54, 1.807) is 0 Å². The summed E-state index contributed by atoms with van der Waals surface area (Å²) in [4.78, 5) is 15.8. The van der Waals surface area contributed by atoms with Crippen molar-refractivity contribution in [3.8, 4) is 0 Å². The van der Waals surface area contributed by atoms with Gasteiger partial charge in [-0.25, -0.2) is 0 Å². The van der Waals surface area contributed by atoms with Crippen LogP contribution in [0.4, 0.5) is 0 Å². The van der Waals surface area contributed by atoms with E-state index in [0.717, 1.165) is 0 Å². The van der Waals surface area contributed by atoms with Crippen LogP contribution in [0, 0.1) is 0 Å². The zero-order chi connectivity index (χ0) is 5.15. The summed E-state index contributed by atoms with van der Waals surface area (Å²) >= 11 is 9.48. The molecule has 0 spiro atoms. The molecule has 3 nitrogen and oxygen atoms in total. The summed E-state index contributed by atoms with van der Waals surface area (Å²) in [6.45, 7) is 0. The van der Waals surface area contributed by atoms with E-state index in [-0.39, 0.29) is 3.71 Å². The molecule has 0 bridgehead atoms. The molecule has 0 saturated heterocycles. The molecular formula is H2Cl2NO2P. The van der Waals surface area contributed by atoms with Crippen LogP contribution in [-0.2, 0) is 0 Å². The van der Waals surface area contributed by atoms with Gasteiger partial charge < -0.3 is 9.79 Å². The Labute approximate surface area is 46.3 Å². The van der Waals surface area contributed by atoms with Crippen molar-refractivity contribution >= 4 is 32.1 Å². The minimum Gasteiger partial charge on any atom is -0.336 e. The Balaban J connectivity index is 2.99. The Morgan fingerprint density at radius 3 is 1.50 bits per heavy atom. The van der Waals surface area contributed by atoms with E-state index in [2.05, 4.69) is 0 Å². The van der Waals surface area contributed by atoms with Crippen molar-refractivity contribution in [3.63, 3.8) is 0 Å². The van der Waals surface area contributed by atoms with Crippen molar-refractivity contribution in [2.24, 2.45) is 0 Å². The number of nitrogens with zero attached hydrogens (tertiary/aromatic N) is 1. The molecule has 0 unspecified atom stereocenters.